The molecule has 0 radical (unpaired) electrons. The van der Waals surface area contributed by atoms with E-state index in [1.54, 1.807) is 30.3 Å². The van der Waals surface area contributed by atoms with Crippen LogP contribution in [0, 0.1) is 0 Å². The van der Waals surface area contributed by atoms with E-state index in [1.807, 2.05) is 0 Å². The van der Waals surface area contributed by atoms with Gasteiger partial charge in [-0.05, 0) is 30.3 Å². The predicted molar refractivity (Wildman–Crippen MR) is 88.0 cm³/mol. The molecule has 7 heteroatoms. The van der Waals surface area contributed by atoms with E-state index in [0.717, 1.165) is 6.29 Å². The second-order valence-electron chi connectivity index (χ2n) is 4.59. The first-order chi connectivity index (χ1) is 11.1. The van der Waals surface area contributed by atoms with Gasteiger partial charge in [0.1, 0.15) is 6.29 Å². The molecule has 0 fully saturated rings. The minimum atomic E-state index is 0.247. The fraction of sp³-hybridized carbons (Fsp3) is 0.0625. The van der Waals surface area contributed by atoms with Crippen molar-refractivity contribution < 1.29 is 14.3 Å². The molecular formula is C16H10Cl2N2O3. The zero-order valence-corrected chi connectivity index (χ0v) is 13.4. The van der Waals surface area contributed by atoms with Crippen molar-refractivity contribution in [3.63, 3.8) is 0 Å². The molecule has 1 heterocycles. The van der Waals surface area contributed by atoms with Crippen molar-refractivity contribution in [2.24, 2.45) is 0 Å². The Kier molecular flexibility index (Phi) is 4.32. The Morgan fingerprint density at radius 3 is 2.48 bits per heavy atom. The molecule has 5 nitrogen and oxygen atoms in total. The Morgan fingerprint density at radius 1 is 1.04 bits per heavy atom. The number of fused-ring (bicyclic) bond motifs is 1. The summed E-state index contributed by atoms with van der Waals surface area (Å²) in [7, 11) is 1.51. The van der Waals surface area contributed by atoms with Crippen molar-refractivity contribution in [3.8, 4) is 17.4 Å². The third-order valence-corrected chi connectivity index (χ3v) is 3.82. The molecule has 0 unspecified atom stereocenters. The van der Waals surface area contributed by atoms with Crippen molar-refractivity contribution in [2.75, 3.05) is 7.11 Å². The van der Waals surface area contributed by atoms with Gasteiger partial charge < -0.3 is 9.47 Å². The molecule has 0 aliphatic heterocycles. The molecule has 0 atom stereocenters. The predicted octanol–water partition coefficient (Wildman–Crippen LogP) is 4.55. The molecule has 0 aliphatic carbocycles. The van der Waals surface area contributed by atoms with Gasteiger partial charge in [-0.2, -0.15) is 0 Å². The van der Waals surface area contributed by atoms with Gasteiger partial charge in [0.25, 0.3) is 0 Å². The number of hydrogen-bond donors (Lipinski definition) is 0. The molecule has 0 amide bonds. The fourth-order valence-electron chi connectivity index (χ4n) is 2.00. The molecular weight excluding hydrogens is 339 g/mol. The third kappa shape index (κ3) is 3.21. The Balaban J connectivity index is 2.01. The van der Waals surface area contributed by atoms with Crippen LogP contribution in [0.2, 0.25) is 10.0 Å². The lowest BCUT2D eigenvalue weighted by atomic mass is 10.2. The molecule has 0 spiro atoms. The first kappa shape index (κ1) is 15.5. The summed E-state index contributed by atoms with van der Waals surface area (Å²) < 4.78 is 10.9. The Morgan fingerprint density at radius 2 is 1.78 bits per heavy atom. The van der Waals surface area contributed by atoms with Crippen molar-refractivity contribution >= 4 is 40.5 Å². The summed E-state index contributed by atoms with van der Waals surface area (Å²) in [5, 5.41) is 0.786. The largest absolute Gasteiger partial charge is 0.493 e. The highest BCUT2D eigenvalue weighted by molar-refractivity contribution is 6.42. The molecule has 3 rings (SSSR count). The van der Waals surface area contributed by atoms with Gasteiger partial charge in [0.2, 0.25) is 5.88 Å². The topological polar surface area (TPSA) is 61.3 Å². The number of hydrogen-bond acceptors (Lipinski definition) is 5. The smallest absolute Gasteiger partial charge is 0.238 e. The first-order valence-electron chi connectivity index (χ1n) is 6.53. The van der Waals surface area contributed by atoms with Crippen LogP contribution >= 0.6 is 23.2 Å². The quantitative estimate of drug-likeness (QED) is 0.647. The summed E-state index contributed by atoms with van der Waals surface area (Å²) in [6.07, 6.45) is 2.18. The lowest BCUT2D eigenvalue weighted by Gasteiger charge is -2.10. The second kappa shape index (κ2) is 6.40. The zero-order valence-electron chi connectivity index (χ0n) is 11.9. The molecule has 0 N–H and O–H groups in total. The minimum absolute atomic E-state index is 0.247. The van der Waals surface area contributed by atoms with Gasteiger partial charge in [-0.15, -0.1) is 0 Å². The van der Waals surface area contributed by atoms with Crippen molar-refractivity contribution in [1.82, 2.24) is 9.97 Å². The second-order valence-corrected chi connectivity index (χ2v) is 5.41. The molecule has 0 bridgehead atoms. The normalized spacial score (nSPS) is 10.6. The molecule has 2 aromatic carbocycles. The van der Waals surface area contributed by atoms with Crippen molar-refractivity contribution in [2.45, 2.75) is 0 Å². The van der Waals surface area contributed by atoms with Gasteiger partial charge in [0, 0.05) is 5.56 Å². The van der Waals surface area contributed by atoms with Gasteiger partial charge >= 0.3 is 0 Å². The van der Waals surface area contributed by atoms with E-state index in [9.17, 15) is 4.79 Å². The summed E-state index contributed by atoms with van der Waals surface area (Å²) in [6.45, 7) is 0. The number of nitrogens with zero attached hydrogens (tertiary/aromatic N) is 2. The van der Waals surface area contributed by atoms with E-state index in [0.29, 0.717) is 38.1 Å². The summed E-state index contributed by atoms with van der Waals surface area (Å²) in [6, 6.07) is 8.07. The van der Waals surface area contributed by atoms with Crippen LogP contribution in [0.3, 0.4) is 0 Å². The maximum Gasteiger partial charge on any atom is 0.238 e. The number of benzene rings is 2. The number of aromatic nitrogens is 2. The van der Waals surface area contributed by atoms with Crippen LogP contribution in [0.1, 0.15) is 10.4 Å². The summed E-state index contributed by atoms with van der Waals surface area (Å²) in [4.78, 5) is 19.5. The molecule has 0 aliphatic rings. The number of ether oxygens (including phenoxy) is 2. The third-order valence-electron chi connectivity index (χ3n) is 3.10. The van der Waals surface area contributed by atoms with E-state index in [2.05, 4.69) is 9.97 Å². The van der Waals surface area contributed by atoms with Gasteiger partial charge in [0.15, 0.2) is 11.5 Å². The number of methoxy groups -OCH3 is 1. The zero-order chi connectivity index (χ0) is 16.4. The molecule has 116 valence electrons. The average molecular weight is 349 g/mol. The summed E-state index contributed by atoms with van der Waals surface area (Å²) in [5.74, 6) is 1.09. The van der Waals surface area contributed by atoms with Gasteiger partial charge in [-0.1, -0.05) is 23.2 Å². The standard InChI is InChI=1S/C16H10Cl2N2O3/c1-22-14-3-2-9(8-21)4-15(14)23-16-7-19-12-5-10(17)11(18)6-13(12)20-16/h2-8H,1H3. The number of carbonyl (C=O) groups excluding carboxylic acids is 1. The molecule has 0 saturated heterocycles. The van der Waals surface area contributed by atoms with Crippen molar-refractivity contribution in [1.29, 1.82) is 0 Å². The SMILES string of the molecule is COc1ccc(C=O)cc1Oc1cnc2cc(Cl)c(Cl)cc2n1. The lowest BCUT2D eigenvalue weighted by molar-refractivity contribution is 0.112. The van der Waals surface area contributed by atoms with Gasteiger partial charge in [0.05, 0.1) is 34.4 Å². The first-order valence-corrected chi connectivity index (χ1v) is 7.29. The van der Waals surface area contributed by atoms with Crippen LogP contribution < -0.4 is 9.47 Å². The maximum absolute atomic E-state index is 10.9. The summed E-state index contributed by atoms with van der Waals surface area (Å²) >= 11 is 11.9. The number of carbonyl (C=O) groups is 1. The minimum Gasteiger partial charge on any atom is -0.493 e. The maximum atomic E-state index is 10.9. The summed E-state index contributed by atoms with van der Waals surface area (Å²) in [5.41, 5.74) is 1.60. The van der Waals surface area contributed by atoms with Crippen LogP contribution in [-0.4, -0.2) is 23.4 Å². The lowest BCUT2D eigenvalue weighted by Crippen LogP contribution is -1.95. The van der Waals surface area contributed by atoms with E-state index in [4.69, 9.17) is 32.7 Å². The van der Waals surface area contributed by atoms with Crippen LogP contribution in [0.5, 0.6) is 17.4 Å². The van der Waals surface area contributed by atoms with E-state index < -0.39 is 0 Å². The molecule has 3 aromatic rings. The Labute approximate surface area is 141 Å². The average Bonchev–Trinajstić information content (AvgIpc) is 2.56. The van der Waals surface area contributed by atoms with E-state index in [-0.39, 0.29) is 5.88 Å². The Hall–Kier alpha value is -2.37. The van der Waals surface area contributed by atoms with Crippen molar-refractivity contribution in [3.05, 3.63) is 52.1 Å². The number of rotatable bonds is 4. The molecule has 0 saturated carbocycles. The highest BCUT2D eigenvalue weighted by Gasteiger charge is 2.10. The molecule has 1 aromatic heterocycles. The number of halogens is 2. The number of aldehydes is 1. The van der Waals surface area contributed by atoms with Crippen LogP contribution in [0.25, 0.3) is 11.0 Å². The monoisotopic (exact) mass is 348 g/mol. The Bertz CT molecular complexity index is 900. The van der Waals surface area contributed by atoms with E-state index >= 15 is 0 Å². The molecule has 23 heavy (non-hydrogen) atoms. The van der Waals surface area contributed by atoms with Gasteiger partial charge in [-0.3, -0.25) is 4.79 Å². The highest BCUT2D eigenvalue weighted by atomic mass is 35.5. The highest BCUT2D eigenvalue weighted by Crippen LogP contribution is 2.32. The van der Waals surface area contributed by atoms with E-state index in [1.165, 1.54) is 13.3 Å². The van der Waals surface area contributed by atoms with Crippen LogP contribution in [0.4, 0.5) is 0 Å². The van der Waals surface area contributed by atoms with Gasteiger partial charge in [-0.25, -0.2) is 9.97 Å². The van der Waals surface area contributed by atoms with Crippen LogP contribution in [-0.2, 0) is 0 Å². The fourth-order valence-corrected chi connectivity index (χ4v) is 2.32. The van der Waals surface area contributed by atoms with Crippen LogP contribution in [0.15, 0.2) is 36.5 Å².